The number of benzene rings is 1. The molecular weight excluding hydrogens is 356 g/mol. The first-order valence-corrected chi connectivity index (χ1v) is 9.32. The van der Waals surface area contributed by atoms with Gasteiger partial charge >= 0.3 is 5.97 Å². The van der Waals surface area contributed by atoms with Gasteiger partial charge in [-0.1, -0.05) is 29.8 Å². The van der Waals surface area contributed by atoms with Gasteiger partial charge in [0, 0.05) is 24.7 Å². The molecule has 1 N–H and O–H groups in total. The minimum absolute atomic E-state index is 0.0375. The highest BCUT2D eigenvalue weighted by atomic mass is 35.5. The average molecular weight is 381 g/mol. The fraction of sp³-hybridized carbons (Fsp3) is 0.579. The van der Waals surface area contributed by atoms with E-state index in [4.69, 9.17) is 21.4 Å². The van der Waals surface area contributed by atoms with E-state index in [1.54, 1.807) is 11.9 Å². The molecule has 1 aromatic rings. The fourth-order valence-corrected chi connectivity index (χ4v) is 3.82. The smallest absolute Gasteiger partial charge is 0.317 e. The fourth-order valence-electron chi connectivity index (χ4n) is 3.62. The van der Waals surface area contributed by atoms with Crippen LogP contribution in [0.15, 0.2) is 24.3 Å². The van der Waals surface area contributed by atoms with Crippen LogP contribution in [0.25, 0.3) is 0 Å². The number of carboxylic acids is 1. The summed E-state index contributed by atoms with van der Waals surface area (Å²) in [6.45, 7) is 2.03. The number of nitrogens with zero attached hydrogens (tertiary/aromatic N) is 2. The van der Waals surface area contributed by atoms with Gasteiger partial charge in [0.2, 0.25) is 5.91 Å². The highest BCUT2D eigenvalue weighted by Gasteiger charge is 2.52. The lowest BCUT2D eigenvalue weighted by Crippen LogP contribution is -2.51. The Morgan fingerprint density at radius 2 is 2.12 bits per heavy atom. The number of aliphatic carboxylic acids is 1. The average Bonchev–Trinajstić information content (AvgIpc) is 3.36. The standard InChI is InChI=1S/C19H25ClN2O4/c1-21(13-17(23)24)11-15-12-22(8-9-26-15)18(25)19(6-7-19)10-14-4-2-3-5-16(14)20/h2-5,15H,6-13H2,1H3,(H,23,24). The first-order chi connectivity index (χ1) is 12.4. The van der Waals surface area contributed by atoms with Crippen LogP contribution in [0.1, 0.15) is 18.4 Å². The normalized spacial score (nSPS) is 21.7. The van der Waals surface area contributed by atoms with Gasteiger partial charge in [0.25, 0.3) is 0 Å². The van der Waals surface area contributed by atoms with E-state index in [0.29, 0.717) is 37.7 Å². The molecule has 7 heteroatoms. The second-order valence-corrected chi connectivity index (χ2v) is 7.79. The van der Waals surface area contributed by atoms with Crippen LogP contribution >= 0.6 is 11.6 Å². The van der Waals surface area contributed by atoms with Gasteiger partial charge in [0.1, 0.15) is 0 Å². The summed E-state index contributed by atoms with van der Waals surface area (Å²) < 4.78 is 5.73. The van der Waals surface area contributed by atoms with E-state index in [9.17, 15) is 9.59 Å². The molecule has 0 aromatic heterocycles. The predicted octanol–water partition coefficient (Wildman–Crippen LogP) is 1.91. The Labute approximate surface area is 158 Å². The molecule has 1 aliphatic heterocycles. The number of carbonyl (C=O) groups excluding carboxylic acids is 1. The third-order valence-corrected chi connectivity index (χ3v) is 5.51. The number of morpholine rings is 1. The van der Waals surface area contributed by atoms with E-state index in [0.717, 1.165) is 18.4 Å². The van der Waals surface area contributed by atoms with Crippen LogP contribution in [0.5, 0.6) is 0 Å². The third kappa shape index (κ3) is 4.55. The summed E-state index contributed by atoms with van der Waals surface area (Å²) in [6.07, 6.45) is 2.29. The number of ether oxygens (including phenoxy) is 1. The molecule has 1 unspecified atom stereocenters. The number of hydrogen-bond acceptors (Lipinski definition) is 4. The van der Waals surface area contributed by atoms with E-state index in [-0.39, 0.29) is 24.0 Å². The number of rotatable bonds is 7. The van der Waals surface area contributed by atoms with Crippen molar-refractivity contribution in [2.75, 3.05) is 39.8 Å². The summed E-state index contributed by atoms with van der Waals surface area (Å²) in [5.74, 6) is -0.695. The monoisotopic (exact) mass is 380 g/mol. The lowest BCUT2D eigenvalue weighted by atomic mass is 9.94. The summed E-state index contributed by atoms with van der Waals surface area (Å²) in [7, 11) is 1.75. The van der Waals surface area contributed by atoms with Gasteiger partial charge in [0.15, 0.2) is 0 Å². The minimum Gasteiger partial charge on any atom is -0.480 e. The third-order valence-electron chi connectivity index (χ3n) is 5.14. The van der Waals surface area contributed by atoms with Crippen LogP contribution in [-0.4, -0.2) is 72.7 Å². The van der Waals surface area contributed by atoms with E-state index < -0.39 is 5.97 Å². The number of carbonyl (C=O) groups is 2. The maximum absolute atomic E-state index is 13.1. The van der Waals surface area contributed by atoms with Crippen molar-refractivity contribution in [3.63, 3.8) is 0 Å². The zero-order valence-corrected chi connectivity index (χ0v) is 15.7. The van der Waals surface area contributed by atoms with Crippen LogP contribution in [0.3, 0.4) is 0 Å². The Morgan fingerprint density at radius 1 is 1.38 bits per heavy atom. The highest BCUT2D eigenvalue weighted by molar-refractivity contribution is 6.31. The number of carboxylic acid groups (broad SMARTS) is 1. The first kappa shape index (κ1) is 19.1. The molecule has 6 nitrogen and oxygen atoms in total. The van der Waals surface area contributed by atoms with E-state index >= 15 is 0 Å². The number of halogens is 1. The van der Waals surface area contributed by atoms with Crippen molar-refractivity contribution in [2.24, 2.45) is 5.41 Å². The molecule has 0 radical (unpaired) electrons. The SMILES string of the molecule is CN(CC(=O)O)CC1CN(C(=O)C2(Cc3ccccc3Cl)CC2)CCO1. The second-order valence-electron chi connectivity index (χ2n) is 7.38. The molecule has 2 fully saturated rings. The summed E-state index contributed by atoms with van der Waals surface area (Å²) in [6, 6.07) is 7.69. The van der Waals surface area contributed by atoms with Crippen molar-refractivity contribution in [3.8, 4) is 0 Å². The molecule has 26 heavy (non-hydrogen) atoms. The molecular formula is C19H25ClN2O4. The molecule has 1 saturated carbocycles. The van der Waals surface area contributed by atoms with Gasteiger partial charge in [-0.25, -0.2) is 0 Å². The highest BCUT2D eigenvalue weighted by Crippen LogP contribution is 2.50. The summed E-state index contributed by atoms with van der Waals surface area (Å²) in [5.41, 5.74) is 0.686. The van der Waals surface area contributed by atoms with Crippen LogP contribution < -0.4 is 0 Å². The van der Waals surface area contributed by atoms with Gasteiger partial charge in [-0.3, -0.25) is 14.5 Å². The Kier molecular flexibility index (Phi) is 5.85. The van der Waals surface area contributed by atoms with Gasteiger partial charge in [-0.15, -0.1) is 0 Å². The van der Waals surface area contributed by atoms with E-state index in [1.807, 2.05) is 29.2 Å². The Morgan fingerprint density at radius 3 is 2.77 bits per heavy atom. The quantitative estimate of drug-likeness (QED) is 0.782. The minimum atomic E-state index is -0.868. The molecule has 2 aliphatic rings. The lowest BCUT2D eigenvalue weighted by Gasteiger charge is -2.36. The molecule has 1 aromatic carbocycles. The van der Waals surface area contributed by atoms with E-state index in [2.05, 4.69) is 0 Å². The molecule has 142 valence electrons. The summed E-state index contributed by atoms with van der Waals surface area (Å²) >= 11 is 6.27. The zero-order valence-electron chi connectivity index (χ0n) is 15.0. The number of likely N-dealkylation sites (N-methyl/N-ethyl adjacent to an activating group) is 1. The Bertz CT molecular complexity index is 677. The van der Waals surface area contributed by atoms with E-state index in [1.165, 1.54) is 0 Å². The first-order valence-electron chi connectivity index (χ1n) is 8.94. The topological polar surface area (TPSA) is 70.1 Å². The molecule has 3 rings (SSSR count). The zero-order chi connectivity index (χ0) is 18.7. The Balaban J connectivity index is 1.60. The second kappa shape index (κ2) is 7.94. The van der Waals surface area contributed by atoms with Crippen molar-refractivity contribution in [3.05, 3.63) is 34.9 Å². The van der Waals surface area contributed by atoms with Gasteiger partial charge < -0.3 is 14.7 Å². The molecule has 1 aliphatic carbocycles. The van der Waals surface area contributed by atoms with Crippen molar-refractivity contribution >= 4 is 23.5 Å². The number of amides is 1. The number of hydrogen-bond donors (Lipinski definition) is 1. The molecule has 0 spiro atoms. The van der Waals surface area contributed by atoms with Crippen LogP contribution in [0, 0.1) is 5.41 Å². The summed E-state index contributed by atoms with van der Waals surface area (Å²) in [5, 5.41) is 9.58. The van der Waals surface area contributed by atoms with Crippen LogP contribution in [0.4, 0.5) is 0 Å². The maximum atomic E-state index is 13.1. The van der Waals surface area contributed by atoms with Crippen molar-refractivity contribution < 1.29 is 19.4 Å². The molecule has 1 atom stereocenters. The van der Waals surface area contributed by atoms with Gasteiger partial charge in [-0.05, 0) is 37.9 Å². The lowest BCUT2D eigenvalue weighted by molar-refractivity contribution is -0.146. The predicted molar refractivity (Wildman–Crippen MR) is 98.3 cm³/mol. The van der Waals surface area contributed by atoms with Crippen molar-refractivity contribution in [2.45, 2.75) is 25.4 Å². The molecule has 1 amide bonds. The molecule has 1 heterocycles. The maximum Gasteiger partial charge on any atom is 0.317 e. The molecule has 0 bridgehead atoms. The molecule has 1 saturated heterocycles. The van der Waals surface area contributed by atoms with Crippen LogP contribution in [-0.2, 0) is 20.7 Å². The van der Waals surface area contributed by atoms with Crippen LogP contribution in [0.2, 0.25) is 5.02 Å². The van der Waals surface area contributed by atoms with Crippen molar-refractivity contribution in [1.29, 1.82) is 0 Å². The van der Waals surface area contributed by atoms with Gasteiger partial charge in [0.05, 0.1) is 24.7 Å². The summed E-state index contributed by atoms with van der Waals surface area (Å²) in [4.78, 5) is 27.5. The van der Waals surface area contributed by atoms with Crippen molar-refractivity contribution in [1.82, 2.24) is 9.80 Å². The Hall–Kier alpha value is -1.63. The van der Waals surface area contributed by atoms with Gasteiger partial charge in [-0.2, -0.15) is 0 Å². The largest absolute Gasteiger partial charge is 0.480 e.